The van der Waals surface area contributed by atoms with Gasteiger partial charge in [-0.25, -0.2) is 0 Å². The van der Waals surface area contributed by atoms with Gasteiger partial charge in [-0.2, -0.15) is 0 Å². The van der Waals surface area contributed by atoms with Crippen LogP contribution in [-0.2, 0) is 17.6 Å². The molecule has 0 unspecified atom stereocenters. The Bertz CT molecular complexity index is 670. The van der Waals surface area contributed by atoms with Crippen molar-refractivity contribution in [1.29, 1.82) is 0 Å². The summed E-state index contributed by atoms with van der Waals surface area (Å²) in [7, 11) is 0. The number of benzene rings is 2. The number of hydrogen-bond donors (Lipinski definition) is 2. The molecule has 122 valence electrons. The molecule has 0 atom stereocenters. The van der Waals surface area contributed by atoms with E-state index in [-0.39, 0.29) is 12.5 Å². The van der Waals surface area contributed by atoms with Crippen LogP contribution < -0.4 is 10.6 Å². The summed E-state index contributed by atoms with van der Waals surface area (Å²) in [5, 5.41) is 6.91. The quantitative estimate of drug-likeness (QED) is 0.806. The van der Waals surface area contributed by atoms with Crippen LogP contribution in [0.5, 0.6) is 0 Å². The smallest absolute Gasteiger partial charge is 0.239 e. The molecule has 1 amide bonds. The Morgan fingerprint density at radius 2 is 1.96 bits per heavy atom. The fourth-order valence-corrected chi connectivity index (χ4v) is 2.76. The summed E-state index contributed by atoms with van der Waals surface area (Å²) in [6, 6.07) is 13.9. The van der Waals surface area contributed by atoms with Crippen molar-refractivity contribution < 1.29 is 4.79 Å². The second-order valence-corrected chi connectivity index (χ2v) is 5.98. The molecule has 0 aromatic heterocycles. The lowest BCUT2D eigenvalue weighted by atomic mass is 10.1. The number of carbonyl (C=O) groups excluding carboxylic acids is 1. The summed E-state index contributed by atoms with van der Waals surface area (Å²) in [6.07, 6.45) is 1.72. The lowest BCUT2D eigenvalue weighted by Crippen LogP contribution is -2.31. The highest BCUT2D eigenvalue weighted by Crippen LogP contribution is 2.20. The van der Waals surface area contributed by atoms with Gasteiger partial charge in [0.2, 0.25) is 5.91 Å². The van der Waals surface area contributed by atoms with Crippen molar-refractivity contribution >= 4 is 23.2 Å². The summed E-state index contributed by atoms with van der Waals surface area (Å²) in [5.41, 5.74) is 4.59. The zero-order valence-electron chi connectivity index (χ0n) is 13.7. The molecule has 0 aliphatic heterocycles. The fraction of sp³-hybridized carbons (Fsp3) is 0.316. The Kier molecular flexibility index (Phi) is 6.48. The van der Waals surface area contributed by atoms with Crippen LogP contribution in [0.25, 0.3) is 0 Å². The van der Waals surface area contributed by atoms with E-state index >= 15 is 0 Å². The molecule has 0 spiro atoms. The number of amides is 1. The second-order valence-electron chi connectivity index (χ2n) is 5.55. The molecule has 0 bridgehead atoms. The van der Waals surface area contributed by atoms with Crippen molar-refractivity contribution in [2.24, 2.45) is 0 Å². The van der Waals surface area contributed by atoms with Gasteiger partial charge >= 0.3 is 0 Å². The number of carbonyl (C=O) groups is 1. The van der Waals surface area contributed by atoms with Crippen LogP contribution in [0.4, 0.5) is 5.69 Å². The zero-order chi connectivity index (χ0) is 16.7. The van der Waals surface area contributed by atoms with E-state index in [1.54, 1.807) is 0 Å². The number of halogens is 1. The zero-order valence-corrected chi connectivity index (χ0v) is 14.4. The maximum atomic E-state index is 12.0. The average molecular weight is 331 g/mol. The van der Waals surface area contributed by atoms with Crippen molar-refractivity contribution in [3.8, 4) is 0 Å². The van der Waals surface area contributed by atoms with Crippen LogP contribution in [0.2, 0.25) is 5.02 Å². The van der Waals surface area contributed by atoms with Gasteiger partial charge in [0, 0.05) is 17.3 Å². The number of anilines is 1. The summed E-state index contributed by atoms with van der Waals surface area (Å²) >= 11 is 5.95. The van der Waals surface area contributed by atoms with E-state index in [1.165, 1.54) is 5.56 Å². The fourth-order valence-electron chi connectivity index (χ4n) is 2.55. The molecule has 0 saturated heterocycles. The largest absolute Gasteiger partial charge is 0.376 e. The molecule has 0 fully saturated rings. The number of nitrogens with one attached hydrogen (secondary N) is 2. The first-order valence-corrected chi connectivity index (χ1v) is 8.31. The van der Waals surface area contributed by atoms with Crippen molar-refractivity contribution in [2.75, 3.05) is 18.4 Å². The van der Waals surface area contributed by atoms with Gasteiger partial charge in [-0.3, -0.25) is 4.79 Å². The van der Waals surface area contributed by atoms with Gasteiger partial charge in [-0.15, -0.1) is 0 Å². The Morgan fingerprint density at radius 3 is 2.70 bits per heavy atom. The number of rotatable bonds is 7. The Hall–Kier alpha value is -2.00. The lowest BCUT2D eigenvalue weighted by molar-refractivity contribution is -0.119. The van der Waals surface area contributed by atoms with E-state index in [1.807, 2.05) is 30.3 Å². The maximum absolute atomic E-state index is 12.0. The standard InChI is InChI=1S/C19H23ClN2O/c1-3-16-8-4-6-14(2)19(16)22-13-18(23)21-11-10-15-7-5-9-17(20)12-15/h4-9,12,22H,3,10-11,13H2,1-2H3,(H,21,23). The van der Waals surface area contributed by atoms with Gasteiger partial charge in [0.15, 0.2) is 0 Å². The summed E-state index contributed by atoms with van der Waals surface area (Å²) in [6.45, 7) is 5.06. The third kappa shape index (κ3) is 5.29. The average Bonchev–Trinajstić information content (AvgIpc) is 2.53. The van der Waals surface area contributed by atoms with E-state index in [0.29, 0.717) is 6.54 Å². The van der Waals surface area contributed by atoms with Gasteiger partial charge in [-0.1, -0.05) is 48.9 Å². The van der Waals surface area contributed by atoms with Crippen LogP contribution in [0.3, 0.4) is 0 Å². The first kappa shape index (κ1) is 17.4. The Morgan fingerprint density at radius 1 is 1.17 bits per heavy atom. The molecule has 4 heteroatoms. The minimum Gasteiger partial charge on any atom is -0.376 e. The molecular formula is C19H23ClN2O. The maximum Gasteiger partial charge on any atom is 0.239 e. The SMILES string of the molecule is CCc1cccc(C)c1NCC(=O)NCCc1cccc(Cl)c1. The molecule has 2 aromatic carbocycles. The minimum absolute atomic E-state index is 0.00247. The third-order valence-electron chi connectivity index (χ3n) is 3.79. The van der Waals surface area contributed by atoms with Gasteiger partial charge < -0.3 is 10.6 Å². The summed E-state index contributed by atoms with van der Waals surface area (Å²) in [5.74, 6) is -0.00247. The normalized spacial score (nSPS) is 10.4. The van der Waals surface area contributed by atoms with Gasteiger partial charge in [0.1, 0.15) is 0 Å². The molecule has 2 rings (SSSR count). The van der Waals surface area contributed by atoms with E-state index in [2.05, 4.69) is 36.6 Å². The highest BCUT2D eigenvalue weighted by atomic mass is 35.5. The van der Waals surface area contributed by atoms with Crippen LogP contribution in [0.1, 0.15) is 23.6 Å². The molecule has 23 heavy (non-hydrogen) atoms. The first-order valence-electron chi connectivity index (χ1n) is 7.93. The number of aryl methyl sites for hydroxylation is 2. The molecular weight excluding hydrogens is 308 g/mol. The molecule has 0 radical (unpaired) electrons. The minimum atomic E-state index is -0.00247. The molecule has 3 nitrogen and oxygen atoms in total. The van der Waals surface area contributed by atoms with Crippen molar-refractivity contribution in [2.45, 2.75) is 26.7 Å². The number of hydrogen-bond acceptors (Lipinski definition) is 2. The van der Waals surface area contributed by atoms with Crippen LogP contribution in [-0.4, -0.2) is 19.0 Å². The van der Waals surface area contributed by atoms with Crippen LogP contribution >= 0.6 is 11.6 Å². The lowest BCUT2D eigenvalue weighted by Gasteiger charge is -2.14. The molecule has 0 aliphatic rings. The highest BCUT2D eigenvalue weighted by Gasteiger charge is 2.06. The molecule has 0 saturated carbocycles. The highest BCUT2D eigenvalue weighted by molar-refractivity contribution is 6.30. The van der Waals surface area contributed by atoms with Crippen LogP contribution in [0, 0.1) is 6.92 Å². The van der Waals surface area contributed by atoms with Gasteiger partial charge in [0.25, 0.3) is 0 Å². The van der Waals surface area contributed by atoms with E-state index in [0.717, 1.165) is 34.7 Å². The van der Waals surface area contributed by atoms with Crippen molar-refractivity contribution in [3.63, 3.8) is 0 Å². The van der Waals surface area contributed by atoms with E-state index in [4.69, 9.17) is 11.6 Å². The summed E-state index contributed by atoms with van der Waals surface area (Å²) < 4.78 is 0. The first-order chi connectivity index (χ1) is 11.1. The molecule has 0 aliphatic carbocycles. The third-order valence-corrected chi connectivity index (χ3v) is 4.03. The Labute approximate surface area is 143 Å². The van der Waals surface area contributed by atoms with Gasteiger partial charge in [-0.05, 0) is 48.6 Å². The van der Waals surface area contributed by atoms with Crippen molar-refractivity contribution in [3.05, 3.63) is 64.2 Å². The molecule has 2 aromatic rings. The van der Waals surface area contributed by atoms with Crippen LogP contribution in [0.15, 0.2) is 42.5 Å². The van der Waals surface area contributed by atoms with Crippen molar-refractivity contribution in [1.82, 2.24) is 5.32 Å². The number of para-hydroxylation sites is 1. The van der Waals surface area contributed by atoms with Gasteiger partial charge in [0.05, 0.1) is 6.54 Å². The Balaban J connectivity index is 1.80. The van der Waals surface area contributed by atoms with E-state index < -0.39 is 0 Å². The predicted octanol–water partition coefficient (Wildman–Crippen LogP) is 3.98. The summed E-state index contributed by atoms with van der Waals surface area (Å²) in [4.78, 5) is 12.0. The topological polar surface area (TPSA) is 41.1 Å². The van der Waals surface area contributed by atoms with E-state index in [9.17, 15) is 4.79 Å². The molecule has 2 N–H and O–H groups in total. The predicted molar refractivity (Wildman–Crippen MR) is 97.2 cm³/mol. The monoisotopic (exact) mass is 330 g/mol. The second kappa shape index (κ2) is 8.59. The molecule has 0 heterocycles.